The smallest absolute Gasteiger partial charge is 0.211 e. The summed E-state index contributed by atoms with van der Waals surface area (Å²) in [5.74, 6) is -2.57. The molecule has 24 heavy (non-hydrogen) atoms. The number of benzene rings is 1. The molecule has 10 heteroatoms. The molecule has 1 saturated heterocycles. The second-order valence-corrected chi connectivity index (χ2v) is 9.16. The lowest BCUT2D eigenvalue weighted by molar-refractivity contribution is 0.267. The third-order valence-electron chi connectivity index (χ3n) is 3.80. The van der Waals surface area contributed by atoms with E-state index in [1.165, 1.54) is 0 Å². The molecule has 1 aliphatic heterocycles. The number of rotatable bonds is 6. The van der Waals surface area contributed by atoms with Gasteiger partial charge in [-0.25, -0.2) is 30.3 Å². The number of hydrogen-bond donors (Lipinski definition) is 1. The molecule has 0 amide bonds. The van der Waals surface area contributed by atoms with Gasteiger partial charge in [-0.1, -0.05) is 6.58 Å². The van der Waals surface area contributed by atoms with Crippen molar-refractivity contribution < 1.29 is 25.6 Å². The van der Waals surface area contributed by atoms with Gasteiger partial charge in [0.2, 0.25) is 20.0 Å². The van der Waals surface area contributed by atoms with Gasteiger partial charge in [-0.05, 0) is 37.0 Å². The van der Waals surface area contributed by atoms with E-state index in [0.717, 1.165) is 21.8 Å². The van der Waals surface area contributed by atoms with Gasteiger partial charge in [-0.15, -0.1) is 0 Å². The molecular formula is C14H18F2N2O4S2. The van der Waals surface area contributed by atoms with Gasteiger partial charge in [0, 0.05) is 25.0 Å². The van der Waals surface area contributed by atoms with Crippen LogP contribution in [0.1, 0.15) is 12.8 Å². The minimum Gasteiger partial charge on any atom is -0.211 e. The van der Waals surface area contributed by atoms with E-state index in [1.54, 1.807) is 0 Å². The Hall–Kier alpha value is -1.36. The van der Waals surface area contributed by atoms with E-state index >= 15 is 0 Å². The van der Waals surface area contributed by atoms with Crippen molar-refractivity contribution >= 4 is 20.0 Å². The molecule has 0 aromatic heterocycles. The van der Waals surface area contributed by atoms with Crippen LogP contribution in [0.4, 0.5) is 8.78 Å². The van der Waals surface area contributed by atoms with E-state index in [2.05, 4.69) is 11.3 Å². The Morgan fingerprint density at radius 3 is 2.58 bits per heavy atom. The second kappa shape index (κ2) is 7.26. The molecule has 0 spiro atoms. The Bertz CT molecular complexity index is 825. The quantitative estimate of drug-likeness (QED) is 0.809. The lowest BCUT2D eigenvalue weighted by Crippen LogP contribution is -2.43. The van der Waals surface area contributed by atoms with Gasteiger partial charge >= 0.3 is 0 Å². The predicted octanol–water partition coefficient (Wildman–Crippen LogP) is 1.43. The highest BCUT2D eigenvalue weighted by Gasteiger charge is 2.31. The van der Waals surface area contributed by atoms with Gasteiger partial charge in [0.05, 0.1) is 4.90 Å². The van der Waals surface area contributed by atoms with E-state index in [9.17, 15) is 25.6 Å². The average Bonchev–Trinajstić information content (AvgIpc) is 2.56. The summed E-state index contributed by atoms with van der Waals surface area (Å²) in [4.78, 5) is -0.325. The van der Waals surface area contributed by atoms with Gasteiger partial charge < -0.3 is 0 Å². The summed E-state index contributed by atoms with van der Waals surface area (Å²) in [6.45, 7) is 3.60. The third kappa shape index (κ3) is 4.38. The van der Waals surface area contributed by atoms with Gasteiger partial charge in [0.15, 0.2) is 11.6 Å². The highest BCUT2D eigenvalue weighted by atomic mass is 32.2. The van der Waals surface area contributed by atoms with E-state index < -0.39 is 31.7 Å². The Kier molecular flexibility index (Phi) is 5.74. The zero-order valence-electron chi connectivity index (χ0n) is 12.8. The largest absolute Gasteiger partial charge is 0.243 e. The maximum Gasteiger partial charge on any atom is 0.243 e. The van der Waals surface area contributed by atoms with Gasteiger partial charge in [0.1, 0.15) is 0 Å². The van der Waals surface area contributed by atoms with Crippen LogP contribution in [-0.2, 0) is 20.0 Å². The summed E-state index contributed by atoms with van der Waals surface area (Å²) < 4.78 is 77.6. The van der Waals surface area contributed by atoms with Gasteiger partial charge in [-0.2, -0.15) is 4.31 Å². The van der Waals surface area contributed by atoms with Crippen LogP contribution in [0.5, 0.6) is 0 Å². The molecule has 1 aromatic rings. The zero-order chi connectivity index (χ0) is 18.0. The molecule has 1 aromatic carbocycles. The first-order valence-electron chi connectivity index (χ1n) is 7.23. The van der Waals surface area contributed by atoms with Crippen molar-refractivity contribution in [1.29, 1.82) is 0 Å². The topological polar surface area (TPSA) is 83.6 Å². The Balaban J connectivity index is 2.13. The summed E-state index contributed by atoms with van der Waals surface area (Å²) in [5.41, 5.74) is 0. The number of halogens is 2. The molecular weight excluding hydrogens is 362 g/mol. The fraction of sp³-hybridized carbons (Fsp3) is 0.429. The molecule has 6 nitrogen and oxygen atoms in total. The highest BCUT2D eigenvalue weighted by molar-refractivity contribution is 7.92. The standard InChI is InChI=1S/C14H18F2N2O4S2/c1-2-23(19,20)17-9-11-4-3-7-18(10-11)24(21,22)12-5-6-13(15)14(16)8-12/h2,5-6,8,11,17H,1,3-4,7,9-10H2. The Morgan fingerprint density at radius 2 is 1.96 bits per heavy atom. The SMILES string of the molecule is C=CS(=O)(=O)NCC1CCCN(S(=O)(=O)c2ccc(F)c(F)c2)C1. The van der Waals surface area contributed by atoms with Crippen LogP contribution in [0, 0.1) is 17.6 Å². The predicted molar refractivity (Wildman–Crippen MR) is 85.0 cm³/mol. The van der Waals surface area contributed by atoms with E-state index in [0.29, 0.717) is 18.9 Å². The summed E-state index contributed by atoms with van der Waals surface area (Å²) in [5, 5.41) is 0.783. The van der Waals surface area contributed by atoms with Crippen molar-refractivity contribution in [3.63, 3.8) is 0 Å². The van der Waals surface area contributed by atoms with Crippen LogP contribution in [0.25, 0.3) is 0 Å². The van der Waals surface area contributed by atoms with Crippen molar-refractivity contribution in [3.05, 3.63) is 41.8 Å². The van der Waals surface area contributed by atoms with Crippen LogP contribution >= 0.6 is 0 Å². The van der Waals surface area contributed by atoms with Crippen LogP contribution in [0.15, 0.2) is 35.1 Å². The Labute approximate surface area is 140 Å². The molecule has 0 saturated carbocycles. The number of nitrogens with zero attached hydrogens (tertiary/aromatic N) is 1. The first-order chi connectivity index (χ1) is 11.2. The first kappa shape index (κ1) is 19.0. The summed E-state index contributed by atoms with van der Waals surface area (Å²) in [7, 11) is -7.54. The van der Waals surface area contributed by atoms with Crippen molar-refractivity contribution in [2.24, 2.45) is 5.92 Å². The van der Waals surface area contributed by atoms with Gasteiger partial charge in [-0.3, -0.25) is 0 Å². The van der Waals surface area contributed by atoms with Crippen molar-refractivity contribution in [1.82, 2.24) is 9.03 Å². The van der Waals surface area contributed by atoms with E-state index in [-0.39, 0.29) is 30.4 Å². The van der Waals surface area contributed by atoms with Gasteiger partial charge in [0.25, 0.3) is 0 Å². The average molecular weight is 380 g/mol. The lowest BCUT2D eigenvalue weighted by Gasteiger charge is -2.31. The molecule has 2 rings (SSSR count). The molecule has 1 heterocycles. The maximum absolute atomic E-state index is 13.3. The summed E-state index contributed by atoms with van der Waals surface area (Å²) in [6, 6.07) is 2.42. The van der Waals surface area contributed by atoms with E-state index in [4.69, 9.17) is 0 Å². The molecule has 1 atom stereocenters. The van der Waals surface area contributed by atoms with Crippen LogP contribution in [0.2, 0.25) is 0 Å². The number of piperidine rings is 1. The number of hydrogen-bond acceptors (Lipinski definition) is 4. The second-order valence-electron chi connectivity index (χ2n) is 5.51. The van der Waals surface area contributed by atoms with Crippen molar-refractivity contribution in [2.45, 2.75) is 17.7 Å². The Morgan fingerprint density at radius 1 is 1.25 bits per heavy atom. The molecule has 1 unspecified atom stereocenters. The maximum atomic E-state index is 13.3. The van der Waals surface area contributed by atoms with Crippen LogP contribution in [0.3, 0.4) is 0 Å². The molecule has 0 bridgehead atoms. The van der Waals surface area contributed by atoms with Crippen molar-refractivity contribution in [3.8, 4) is 0 Å². The summed E-state index contributed by atoms with van der Waals surface area (Å²) >= 11 is 0. The molecule has 1 N–H and O–H groups in total. The van der Waals surface area contributed by atoms with Crippen molar-refractivity contribution in [2.75, 3.05) is 19.6 Å². The normalized spacial score (nSPS) is 20.0. The molecule has 134 valence electrons. The molecule has 0 radical (unpaired) electrons. The highest BCUT2D eigenvalue weighted by Crippen LogP contribution is 2.24. The molecule has 1 fully saturated rings. The monoisotopic (exact) mass is 380 g/mol. The number of sulfonamides is 2. The minimum atomic E-state index is -3.96. The first-order valence-corrected chi connectivity index (χ1v) is 10.2. The van der Waals surface area contributed by atoms with Crippen LogP contribution < -0.4 is 4.72 Å². The minimum absolute atomic E-state index is 0.0815. The number of nitrogens with one attached hydrogen (secondary N) is 1. The van der Waals surface area contributed by atoms with Crippen LogP contribution in [-0.4, -0.2) is 40.8 Å². The lowest BCUT2D eigenvalue weighted by atomic mass is 10.0. The summed E-state index contributed by atoms with van der Waals surface area (Å²) in [6.07, 6.45) is 1.20. The third-order valence-corrected chi connectivity index (χ3v) is 6.67. The molecule has 1 aliphatic rings. The van der Waals surface area contributed by atoms with E-state index in [1.807, 2.05) is 0 Å². The zero-order valence-corrected chi connectivity index (χ0v) is 14.4. The fourth-order valence-corrected chi connectivity index (χ4v) is 4.64. The molecule has 0 aliphatic carbocycles. The fourth-order valence-electron chi connectivity index (χ4n) is 2.49.